The van der Waals surface area contributed by atoms with Gasteiger partial charge in [-0.15, -0.1) is 0 Å². The minimum atomic E-state index is -0.636. The molecule has 0 spiro atoms. The number of rotatable bonds is 5. The van der Waals surface area contributed by atoms with E-state index in [1.807, 2.05) is 30.3 Å². The molecule has 1 aliphatic heterocycles. The molecule has 1 saturated carbocycles. The fourth-order valence-electron chi connectivity index (χ4n) is 4.31. The average Bonchev–Trinajstić information content (AvgIpc) is 2.74. The van der Waals surface area contributed by atoms with Crippen LogP contribution in [-0.2, 0) is 9.59 Å². The second-order valence-electron chi connectivity index (χ2n) is 8.06. The largest absolute Gasteiger partial charge is 0.326 e. The molecule has 28 heavy (non-hydrogen) atoms. The highest BCUT2D eigenvalue weighted by Gasteiger charge is 2.39. The summed E-state index contributed by atoms with van der Waals surface area (Å²) in [5, 5.41) is 12.7. The second kappa shape index (κ2) is 9.20. The summed E-state index contributed by atoms with van der Waals surface area (Å²) in [6.07, 6.45) is 6.20. The third-order valence-corrected chi connectivity index (χ3v) is 6.26. The number of benzene rings is 1. The van der Waals surface area contributed by atoms with Crippen LogP contribution in [0.1, 0.15) is 44.9 Å². The molecule has 150 valence electrons. The Morgan fingerprint density at radius 1 is 1.18 bits per heavy atom. The zero-order valence-corrected chi connectivity index (χ0v) is 16.7. The van der Waals surface area contributed by atoms with Crippen LogP contribution in [0.25, 0.3) is 0 Å². The maximum Gasteiger partial charge on any atom is 0.237 e. The molecular formula is C22H30N4O2. The molecule has 6 nitrogen and oxygen atoms in total. The molecule has 1 saturated heterocycles. The van der Waals surface area contributed by atoms with Crippen LogP contribution < -0.4 is 5.32 Å². The van der Waals surface area contributed by atoms with Crippen molar-refractivity contribution in [2.75, 3.05) is 32.0 Å². The van der Waals surface area contributed by atoms with Gasteiger partial charge in [-0.3, -0.25) is 14.5 Å². The van der Waals surface area contributed by atoms with E-state index in [2.05, 4.69) is 16.3 Å². The van der Waals surface area contributed by atoms with E-state index in [0.717, 1.165) is 63.7 Å². The van der Waals surface area contributed by atoms with Crippen LogP contribution in [0.4, 0.5) is 5.69 Å². The average molecular weight is 383 g/mol. The number of carbonyl (C=O) groups excluding carboxylic acids is 2. The van der Waals surface area contributed by atoms with Crippen molar-refractivity contribution in [2.24, 2.45) is 5.92 Å². The highest BCUT2D eigenvalue weighted by Crippen LogP contribution is 2.32. The van der Waals surface area contributed by atoms with Crippen molar-refractivity contribution in [3.63, 3.8) is 0 Å². The molecule has 0 atom stereocenters. The van der Waals surface area contributed by atoms with E-state index >= 15 is 0 Å². The predicted molar refractivity (Wildman–Crippen MR) is 108 cm³/mol. The second-order valence-corrected chi connectivity index (χ2v) is 8.06. The number of nitrogens with zero attached hydrogens (tertiary/aromatic N) is 3. The van der Waals surface area contributed by atoms with Gasteiger partial charge in [0.2, 0.25) is 11.8 Å². The summed E-state index contributed by atoms with van der Waals surface area (Å²) in [5.74, 6) is 0.0450. The molecule has 3 rings (SSSR count). The summed E-state index contributed by atoms with van der Waals surface area (Å²) in [7, 11) is 1.77. The first-order chi connectivity index (χ1) is 13.5. The van der Waals surface area contributed by atoms with Gasteiger partial charge in [0, 0.05) is 18.7 Å². The van der Waals surface area contributed by atoms with E-state index in [0.29, 0.717) is 6.54 Å². The number of nitriles is 1. The number of piperidine rings is 1. The topological polar surface area (TPSA) is 76.4 Å². The minimum Gasteiger partial charge on any atom is -0.326 e. The van der Waals surface area contributed by atoms with E-state index in [9.17, 15) is 14.9 Å². The Balaban J connectivity index is 1.48. The van der Waals surface area contributed by atoms with E-state index in [1.165, 1.54) is 0 Å². The fourth-order valence-corrected chi connectivity index (χ4v) is 4.31. The maximum absolute atomic E-state index is 12.8. The van der Waals surface area contributed by atoms with Crippen LogP contribution in [0.3, 0.4) is 0 Å². The Morgan fingerprint density at radius 3 is 2.43 bits per heavy atom. The van der Waals surface area contributed by atoms with Gasteiger partial charge in [-0.1, -0.05) is 37.5 Å². The van der Waals surface area contributed by atoms with E-state index in [4.69, 9.17) is 0 Å². The molecule has 2 amide bonds. The molecule has 6 heteroatoms. The van der Waals surface area contributed by atoms with Gasteiger partial charge in [0.15, 0.2) is 0 Å². The van der Waals surface area contributed by atoms with Crippen LogP contribution in [0.15, 0.2) is 30.3 Å². The van der Waals surface area contributed by atoms with Crippen molar-refractivity contribution in [2.45, 2.75) is 50.5 Å². The van der Waals surface area contributed by atoms with Gasteiger partial charge in [-0.2, -0.15) is 5.26 Å². The molecule has 2 fully saturated rings. The van der Waals surface area contributed by atoms with Crippen LogP contribution in [0.5, 0.6) is 0 Å². The number of likely N-dealkylation sites (N-methyl/N-ethyl adjacent to an activating group) is 1. The summed E-state index contributed by atoms with van der Waals surface area (Å²) in [4.78, 5) is 29.0. The standard InChI is InChI=1S/C22H30N4O2/c1-25(22(17-23)12-6-3-7-13-22)20(27)16-26-14-10-18(11-15-26)21(28)24-19-8-4-2-5-9-19/h2,4-5,8-9,18H,3,6-7,10-16H2,1H3,(H,24,28). The van der Waals surface area contributed by atoms with Gasteiger partial charge < -0.3 is 10.2 Å². The number of likely N-dealkylation sites (tertiary alicyclic amines) is 1. The summed E-state index contributed by atoms with van der Waals surface area (Å²) >= 11 is 0. The SMILES string of the molecule is CN(C(=O)CN1CCC(C(=O)Nc2ccccc2)CC1)C1(C#N)CCCCC1. The molecule has 2 aliphatic rings. The highest BCUT2D eigenvalue weighted by atomic mass is 16.2. The van der Waals surface area contributed by atoms with Crippen molar-refractivity contribution < 1.29 is 9.59 Å². The molecule has 1 aliphatic carbocycles. The maximum atomic E-state index is 12.8. The Hall–Kier alpha value is -2.39. The van der Waals surface area contributed by atoms with Gasteiger partial charge in [-0.25, -0.2) is 0 Å². The van der Waals surface area contributed by atoms with Crippen molar-refractivity contribution in [1.82, 2.24) is 9.80 Å². The number of amides is 2. The number of hydrogen-bond donors (Lipinski definition) is 1. The Morgan fingerprint density at radius 2 is 1.82 bits per heavy atom. The van der Waals surface area contributed by atoms with Crippen LogP contribution in [-0.4, -0.2) is 53.8 Å². The molecular weight excluding hydrogens is 352 g/mol. The molecule has 0 radical (unpaired) electrons. The van der Waals surface area contributed by atoms with Crippen molar-refractivity contribution in [1.29, 1.82) is 5.26 Å². The number of carbonyl (C=O) groups is 2. The Labute approximate surface area is 167 Å². The molecule has 0 aromatic heterocycles. The Kier molecular flexibility index (Phi) is 6.69. The summed E-state index contributed by atoms with van der Waals surface area (Å²) in [6, 6.07) is 11.9. The first-order valence-electron chi connectivity index (χ1n) is 10.3. The third kappa shape index (κ3) is 4.71. The van der Waals surface area contributed by atoms with E-state index in [1.54, 1.807) is 11.9 Å². The molecule has 1 aromatic carbocycles. The summed E-state index contributed by atoms with van der Waals surface area (Å²) in [5.41, 5.74) is 0.185. The molecule has 0 bridgehead atoms. The molecule has 1 N–H and O–H groups in total. The van der Waals surface area contributed by atoms with Crippen molar-refractivity contribution in [3.05, 3.63) is 30.3 Å². The van der Waals surface area contributed by atoms with Gasteiger partial charge in [-0.05, 0) is 50.9 Å². The van der Waals surface area contributed by atoms with Gasteiger partial charge in [0.05, 0.1) is 12.6 Å². The minimum absolute atomic E-state index is 0.00985. The zero-order valence-electron chi connectivity index (χ0n) is 16.7. The normalized spacial score (nSPS) is 20.1. The van der Waals surface area contributed by atoms with Crippen LogP contribution in [0.2, 0.25) is 0 Å². The van der Waals surface area contributed by atoms with Crippen LogP contribution >= 0.6 is 0 Å². The number of hydrogen-bond acceptors (Lipinski definition) is 4. The number of para-hydroxylation sites is 1. The first kappa shape index (κ1) is 20.3. The van der Waals surface area contributed by atoms with Crippen molar-refractivity contribution in [3.8, 4) is 6.07 Å². The number of nitrogens with one attached hydrogen (secondary N) is 1. The monoisotopic (exact) mass is 382 g/mol. The molecule has 1 heterocycles. The number of anilines is 1. The van der Waals surface area contributed by atoms with Gasteiger partial charge in [0.25, 0.3) is 0 Å². The third-order valence-electron chi connectivity index (χ3n) is 6.26. The predicted octanol–water partition coefficient (Wildman–Crippen LogP) is 3.02. The summed E-state index contributed by atoms with van der Waals surface area (Å²) in [6.45, 7) is 1.78. The van der Waals surface area contributed by atoms with Gasteiger partial charge in [0.1, 0.15) is 5.54 Å². The van der Waals surface area contributed by atoms with E-state index in [-0.39, 0.29) is 17.7 Å². The lowest BCUT2D eigenvalue weighted by Gasteiger charge is -2.40. The zero-order chi connectivity index (χ0) is 20.0. The molecule has 1 aromatic rings. The van der Waals surface area contributed by atoms with Crippen LogP contribution in [0, 0.1) is 17.2 Å². The van der Waals surface area contributed by atoms with E-state index < -0.39 is 5.54 Å². The Bertz CT molecular complexity index is 714. The lowest BCUT2D eigenvalue weighted by molar-refractivity contribution is -0.136. The first-order valence-corrected chi connectivity index (χ1v) is 10.3. The highest BCUT2D eigenvalue weighted by molar-refractivity contribution is 5.92. The lowest BCUT2D eigenvalue weighted by atomic mass is 9.81. The smallest absolute Gasteiger partial charge is 0.237 e. The fraction of sp³-hybridized carbons (Fsp3) is 0.591. The van der Waals surface area contributed by atoms with Gasteiger partial charge >= 0.3 is 0 Å². The van der Waals surface area contributed by atoms with Crippen molar-refractivity contribution >= 4 is 17.5 Å². The lowest BCUT2D eigenvalue weighted by Crippen LogP contribution is -2.53. The molecule has 0 unspecified atom stereocenters. The quantitative estimate of drug-likeness (QED) is 0.849. The summed E-state index contributed by atoms with van der Waals surface area (Å²) < 4.78 is 0.